The first kappa shape index (κ1) is 11.6. The lowest BCUT2D eigenvalue weighted by atomic mass is 9.99. The van der Waals surface area contributed by atoms with E-state index in [1.165, 1.54) is 6.20 Å². The molecule has 0 saturated heterocycles. The Morgan fingerprint density at radius 3 is 2.67 bits per heavy atom. The van der Waals surface area contributed by atoms with Crippen molar-refractivity contribution in [1.29, 1.82) is 0 Å². The van der Waals surface area contributed by atoms with Gasteiger partial charge < -0.3 is 10.6 Å². The number of nitrogen functional groups attached to an aromatic ring is 1. The molecule has 1 heterocycles. The average Bonchev–Trinajstić information content (AvgIpc) is 2.62. The summed E-state index contributed by atoms with van der Waals surface area (Å²) in [4.78, 5) is 13.7. The van der Waals surface area contributed by atoms with Crippen LogP contribution in [0.2, 0.25) is 0 Å². The van der Waals surface area contributed by atoms with E-state index in [4.69, 9.17) is 5.73 Å². The Kier molecular flexibility index (Phi) is 3.02. The zero-order valence-corrected chi connectivity index (χ0v) is 9.66. The molecule has 1 amide bonds. The number of nitrogens with two attached hydrogens (primary N) is 1. The fourth-order valence-corrected chi connectivity index (χ4v) is 1.15. The number of aromatic nitrogens is 2. The Balaban J connectivity index is 2.92. The lowest BCUT2D eigenvalue weighted by Gasteiger charge is -2.34. The highest BCUT2D eigenvalue weighted by atomic mass is 16.2. The minimum absolute atomic E-state index is 0.128. The molecule has 0 spiro atoms. The summed E-state index contributed by atoms with van der Waals surface area (Å²) in [5, 5.41) is 6.35. The minimum Gasteiger partial charge on any atom is -0.396 e. The first-order chi connectivity index (χ1) is 6.90. The third-order valence-electron chi connectivity index (χ3n) is 2.96. The molecule has 0 aliphatic carbocycles. The maximum atomic E-state index is 12.0. The first-order valence-corrected chi connectivity index (χ1v) is 4.97. The van der Waals surface area contributed by atoms with Crippen molar-refractivity contribution >= 4 is 11.6 Å². The van der Waals surface area contributed by atoms with Crippen LogP contribution in [0, 0.1) is 0 Å². The van der Waals surface area contributed by atoms with E-state index in [0.29, 0.717) is 11.4 Å². The molecule has 0 bridgehead atoms. The van der Waals surface area contributed by atoms with Crippen LogP contribution in [0.4, 0.5) is 5.69 Å². The van der Waals surface area contributed by atoms with Crippen molar-refractivity contribution in [3.05, 3.63) is 11.9 Å². The number of amides is 1. The van der Waals surface area contributed by atoms with Gasteiger partial charge in [-0.3, -0.25) is 9.89 Å². The van der Waals surface area contributed by atoms with E-state index in [0.717, 1.165) is 6.42 Å². The monoisotopic (exact) mass is 210 g/mol. The highest BCUT2D eigenvalue weighted by Gasteiger charge is 2.28. The summed E-state index contributed by atoms with van der Waals surface area (Å²) in [6.07, 6.45) is 2.32. The van der Waals surface area contributed by atoms with Crippen molar-refractivity contribution in [3.63, 3.8) is 0 Å². The number of hydrogen-bond acceptors (Lipinski definition) is 3. The molecule has 5 nitrogen and oxygen atoms in total. The summed E-state index contributed by atoms with van der Waals surface area (Å²) in [7, 11) is 1.77. The number of carbonyl (C=O) groups excluding carboxylic acids is 1. The lowest BCUT2D eigenvalue weighted by molar-refractivity contribution is 0.0615. The fraction of sp³-hybridized carbons (Fsp3) is 0.600. The van der Waals surface area contributed by atoms with E-state index in [-0.39, 0.29) is 11.4 Å². The number of carbonyl (C=O) groups is 1. The Morgan fingerprint density at radius 2 is 2.27 bits per heavy atom. The van der Waals surface area contributed by atoms with Crippen molar-refractivity contribution in [3.8, 4) is 0 Å². The zero-order valence-electron chi connectivity index (χ0n) is 9.66. The standard InChI is InChI=1S/C10H18N4O/c1-5-10(2,3)14(4)9(15)8-7(11)6-12-13-8/h6H,5,11H2,1-4H3,(H,12,13). The minimum atomic E-state index is -0.186. The molecule has 1 aromatic heterocycles. The number of nitrogens with zero attached hydrogens (tertiary/aromatic N) is 2. The lowest BCUT2D eigenvalue weighted by Crippen LogP contribution is -2.44. The summed E-state index contributed by atoms with van der Waals surface area (Å²) in [5.74, 6) is -0.128. The van der Waals surface area contributed by atoms with Crippen molar-refractivity contribution in [2.45, 2.75) is 32.7 Å². The van der Waals surface area contributed by atoms with Crippen LogP contribution in [0.3, 0.4) is 0 Å². The van der Waals surface area contributed by atoms with Gasteiger partial charge in [0.15, 0.2) is 0 Å². The Bertz CT molecular complexity index is 356. The van der Waals surface area contributed by atoms with Gasteiger partial charge in [0.1, 0.15) is 5.69 Å². The van der Waals surface area contributed by atoms with Crippen molar-refractivity contribution < 1.29 is 4.79 Å². The van der Waals surface area contributed by atoms with Gasteiger partial charge in [0.05, 0.1) is 11.9 Å². The van der Waals surface area contributed by atoms with Gasteiger partial charge in [0.2, 0.25) is 0 Å². The number of anilines is 1. The van der Waals surface area contributed by atoms with Crippen LogP contribution in [0.15, 0.2) is 6.20 Å². The topological polar surface area (TPSA) is 75.0 Å². The quantitative estimate of drug-likeness (QED) is 0.788. The van der Waals surface area contributed by atoms with Gasteiger partial charge in [-0.05, 0) is 20.3 Å². The van der Waals surface area contributed by atoms with Crippen LogP contribution in [0.1, 0.15) is 37.7 Å². The first-order valence-electron chi connectivity index (χ1n) is 4.97. The van der Waals surface area contributed by atoms with Crippen molar-refractivity contribution in [2.24, 2.45) is 0 Å². The third kappa shape index (κ3) is 2.11. The predicted molar refractivity (Wildman–Crippen MR) is 59.5 cm³/mol. The number of H-pyrrole nitrogens is 1. The van der Waals surface area contributed by atoms with Gasteiger partial charge in [-0.25, -0.2) is 0 Å². The van der Waals surface area contributed by atoms with Gasteiger partial charge in [0, 0.05) is 12.6 Å². The maximum absolute atomic E-state index is 12.0. The van der Waals surface area contributed by atoms with Crippen molar-refractivity contribution in [2.75, 3.05) is 12.8 Å². The van der Waals surface area contributed by atoms with Crippen LogP contribution in [0.5, 0.6) is 0 Å². The molecule has 0 aliphatic rings. The van der Waals surface area contributed by atoms with E-state index in [1.54, 1.807) is 11.9 Å². The zero-order chi connectivity index (χ0) is 11.6. The molecule has 0 aliphatic heterocycles. The number of aromatic amines is 1. The van der Waals surface area contributed by atoms with Gasteiger partial charge in [0.25, 0.3) is 5.91 Å². The van der Waals surface area contributed by atoms with Crippen LogP contribution >= 0.6 is 0 Å². The average molecular weight is 210 g/mol. The Morgan fingerprint density at radius 1 is 1.67 bits per heavy atom. The molecular formula is C10H18N4O. The predicted octanol–water partition coefficient (Wildman–Crippen LogP) is 1.25. The molecular weight excluding hydrogens is 192 g/mol. The molecule has 3 N–H and O–H groups in total. The number of rotatable bonds is 3. The second-order valence-electron chi connectivity index (χ2n) is 4.23. The second-order valence-corrected chi connectivity index (χ2v) is 4.23. The molecule has 0 radical (unpaired) electrons. The molecule has 1 rings (SSSR count). The Hall–Kier alpha value is -1.52. The van der Waals surface area contributed by atoms with Gasteiger partial charge in [-0.2, -0.15) is 5.10 Å². The summed E-state index contributed by atoms with van der Waals surface area (Å²) in [5.41, 5.74) is 6.18. The third-order valence-corrected chi connectivity index (χ3v) is 2.96. The summed E-state index contributed by atoms with van der Waals surface area (Å²) < 4.78 is 0. The summed E-state index contributed by atoms with van der Waals surface area (Å²) in [6.45, 7) is 6.06. The molecule has 0 unspecified atom stereocenters. The molecule has 0 saturated carbocycles. The van der Waals surface area contributed by atoms with Gasteiger partial charge >= 0.3 is 0 Å². The van der Waals surface area contributed by atoms with Crippen LogP contribution in [-0.2, 0) is 0 Å². The van der Waals surface area contributed by atoms with Gasteiger partial charge in [-0.1, -0.05) is 6.92 Å². The second kappa shape index (κ2) is 3.92. The fourth-order valence-electron chi connectivity index (χ4n) is 1.15. The van der Waals surface area contributed by atoms with E-state index in [2.05, 4.69) is 10.2 Å². The summed E-state index contributed by atoms with van der Waals surface area (Å²) >= 11 is 0. The maximum Gasteiger partial charge on any atom is 0.274 e. The molecule has 1 aromatic rings. The van der Waals surface area contributed by atoms with Crippen LogP contribution in [0.25, 0.3) is 0 Å². The Labute approximate surface area is 89.6 Å². The highest BCUT2D eigenvalue weighted by molar-refractivity contribution is 5.97. The molecule has 0 fully saturated rings. The van der Waals surface area contributed by atoms with E-state index >= 15 is 0 Å². The van der Waals surface area contributed by atoms with Crippen LogP contribution < -0.4 is 5.73 Å². The van der Waals surface area contributed by atoms with E-state index in [1.807, 2.05) is 20.8 Å². The van der Waals surface area contributed by atoms with Crippen molar-refractivity contribution in [1.82, 2.24) is 15.1 Å². The summed E-state index contributed by atoms with van der Waals surface area (Å²) in [6, 6.07) is 0. The molecule has 15 heavy (non-hydrogen) atoms. The smallest absolute Gasteiger partial charge is 0.274 e. The molecule has 5 heteroatoms. The largest absolute Gasteiger partial charge is 0.396 e. The van der Waals surface area contributed by atoms with Crippen LogP contribution in [-0.4, -0.2) is 33.6 Å². The normalized spacial score (nSPS) is 11.5. The SMILES string of the molecule is CCC(C)(C)N(C)C(=O)c1[nH]ncc1N. The number of hydrogen-bond donors (Lipinski definition) is 2. The van der Waals surface area contributed by atoms with Gasteiger partial charge in [-0.15, -0.1) is 0 Å². The molecule has 0 atom stereocenters. The van der Waals surface area contributed by atoms with E-state index in [9.17, 15) is 4.79 Å². The highest BCUT2D eigenvalue weighted by Crippen LogP contribution is 2.20. The number of nitrogens with one attached hydrogen (secondary N) is 1. The molecule has 0 aromatic carbocycles. The molecule has 84 valence electrons. The van der Waals surface area contributed by atoms with E-state index < -0.39 is 0 Å².